The van der Waals surface area contributed by atoms with Crippen LogP contribution in [0.15, 0.2) is 71.1 Å². The summed E-state index contributed by atoms with van der Waals surface area (Å²) >= 11 is 2.61. The first-order valence-corrected chi connectivity index (χ1v) is 14.0. The first kappa shape index (κ1) is 27.8. The normalized spacial score (nSPS) is 10.5. The van der Waals surface area contributed by atoms with Gasteiger partial charge in [-0.25, -0.2) is 9.97 Å². The monoisotopic (exact) mass is 558 g/mol. The van der Waals surface area contributed by atoms with Gasteiger partial charge in [0.25, 0.3) is 0 Å². The van der Waals surface area contributed by atoms with Crippen LogP contribution in [0.3, 0.4) is 0 Å². The standard InChI is InChI=1S/C29H26N4O4S2/c1-3-37-27(35)15-21-18-39-29(31-21)33-26(34)13-14-38-28-24(17-30)23(19-9-11-22(36-2)12-10-19)16-25(32-28)20-7-5-4-6-8-20/h4-12,16,18H,3,13-15H2,1-2H3,(H,31,33,34). The number of hydrogen-bond donors (Lipinski definition) is 1. The highest BCUT2D eigenvalue weighted by Crippen LogP contribution is 2.35. The molecule has 10 heteroatoms. The summed E-state index contributed by atoms with van der Waals surface area (Å²) in [5, 5.41) is 15.6. The van der Waals surface area contributed by atoms with Gasteiger partial charge >= 0.3 is 5.97 Å². The minimum absolute atomic E-state index is 0.0625. The van der Waals surface area contributed by atoms with Gasteiger partial charge in [-0.3, -0.25) is 9.59 Å². The molecule has 0 radical (unpaired) electrons. The second-order valence-corrected chi connectivity index (χ2v) is 10.2. The van der Waals surface area contributed by atoms with E-state index in [2.05, 4.69) is 16.4 Å². The molecular formula is C29H26N4O4S2. The topological polar surface area (TPSA) is 114 Å². The summed E-state index contributed by atoms with van der Waals surface area (Å²) in [5.74, 6) is 0.565. The number of nitriles is 1. The Kier molecular flexibility index (Phi) is 9.67. The number of esters is 1. The number of thioether (sulfide) groups is 1. The van der Waals surface area contributed by atoms with Gasteiger partial charge in [-0.15, -0.1) is 23.1 Å². The third-order valence-corrected chi connectivity index (χ3v) is 7.35. The molecule has 0 bridgehead atoms. The van der Waals surface area contributed by atoms with Gasteiger partial charge in [0.2, 0.25) is 5.91 Å². The van der Waals surface area contributed by atoms with E-state index in [-0.39, 0.29) is 24.7 Å². The van der Waals surface area contributed by atoms with Gasteiger partial charge in [-0.2, -0.15) is 5.26 Å². The van der Waals surface area contributed by atoms with Gasteiger partial charge in [-0.05, 0) is 30.7 Å². The highest BCUT2D eigenvalue weighted by molar-refractivity contribution is 7.99. The number of carbonyl (C=O) groups is 2. The van der Waals surface area contributed by atoms with Crippen molar-refractivity contribution in [3.8, 4) is 34.2 Å². The van der Waals surface area contributed by atoms with Crippen molar-refractivity contribution in [1.29, 1.82) is 5.26 Å². The van der Waals surface area contributed by atoms with Crippen LogP contribution in [0.2, 0.25) is 0 Å². The maximum atomic E-state index is 12.6. The number of pyridine rings is 1. The fourth-order valence-corrected chi connectivity index (χ4v) is 5.39. The maximum absolute atomic E-state index is 12.6. The number of nitrogens with zero attached hydrogens (tertiary/aromatic N) is 3. The highest BCUT2D eigenvalue weighted by Gasteiger charge is 2.17. The zero-order chi connectivity index (χ0) is 27.6. The van der Waals surface area contributed by atoms with Gasteiger partial charge < -0.3 is 14.8 Å². The molecule has 1 N–H and O–H groups in total. The molecule has 0 fully saturated rings. The SMILES string of the molecule is CCOC(=O)Cc1csc(NC(=O)CCSc2nc(-c3ccccc3)cc(-c3ccc(OC)cc3)c2C#N)n1. The van der Waals surface area contributed by atoms with Crippen LogP contribution in [0.5, 0.6) is 5.75 Å². The number of nitrogens with one attached hydrogen (secondary N) is 1. The van der Waals surface area contributed by atoms with Crippen molar-refractivity contribution < 1.29 is 19.1 Å². The van der Waals surface area contributed by atoms with Gasteiger partial charge in [0.05, 0.1) is 37.1 Å². The molecule has 39 heavy (non-hydrogen) atoms. The van der Waals surface area contributed by atoms with Crippen LogP contribution >= 0.6 is 23.1 Å². The molecule has 0 saturated carbocycles. The number of amides is 1. The predicted octanol–water partition coefficient (Wildman–Crippen LogP) is 5.98. The quantitative estimate of drug-likeness (QED) is 0.177. The van der Waals surface area contributed by atoms with E-state index in [1.165, 1.54) is 23.1 Å². The summed E-state index contributed by atoms with van der Waals surface area (Å²) in [6.45, 7) is 2.05. The molecule has 0 aliphatic carbocycles. The minimum atomic E-state index is -0.357. The first-order chi connectivity index (χ1) is 19.0. The van der Waals surface area contributed by atoms with Crippen molar-refractivity contribution in [3.05, 3.63) is 77.3 Å². The Morgan fingerprint density at radius 2 is 1.85 bits per heavy atom. The number of carbonyl (C=O) groups excluding carboxylic acids is 2. The van der Waals surface area contributed by atoms with Gasteiger partial charge in [0, 0.05) is 28.7 Å². The third-order valence-electron chi connectivity index (χ3n) is 5.57. The van der Waals surface area contributed by atoms with E-state index >= 15 is 0 Å². The van der Waals surface area contributed by atoms with Crippen molar-refractivity contribution in [1.82, 2.24) is 9.97 Å². The smallest absolute Gasteiger partial charge is 0.311 e. The Bertz CT molecular complexity index is 1480. The number of methoxy groups -OCH3 is 1. The molecule has 2 aromatic carbocycles. The average molecular weight is 559 g/mol. The molecule has 1 amide bonds. The van der Waals surface area contributed by atoms with Crippen molar-refractivity contribution in [2.75, 3.05) is 24.8 Å². The summed E-state index contributed by atoms with van der Waals surface area (Å²) in [5.41, 5.74) is 4.30. The summed E-state index contributed by atoms with van der Waals surface area (Å²) in [6, 6.07) is 21.5. The van der Waals surface area contributed by atoms with E-state index in [4.69, 9.17) is 14.5 Å². The lowest BCUT2D eigenvalue weighted by Crippen LogP contribution is -2.12. The molecule has 0 atom stereocenters. The Morgan fingerprint density at radius 1 is 1.08 bits per heavy atom. The number of ether oxygens (including phenoxy) is 2. The molecule has 8 nitrogen and oxygen atoms in total. The van der Waals surface area contributed by atoms with Crippen LogP contribution in [0.1, 0.15) is 24.6 Å². The van der Waals surface area contributed by atoms with Crippen LogP contribution in [0.4, 0.5) is 5.13 Å². The van der Waals surface area contributed by atoms with Crippen molar-refractivity contribution in [2.24, 2.45) is 0 Å². The number of anilines is 1. The van der Waals surface area contributed by atoms with Crippen LogP contribution < -0.4 is 10.1 Å². The number of thiazole rings is 1. The van der Waals surface area contributed by atoms with Crippen molar-refractivity contribution in [3.63, 3.8) is 0 Å². The van der Waals surface area contributed by atoms with Crippen molar-refractivity contribution >= 4 is 40.1 Å². The molecule has 198 valence electrons. The molecular weight excluding hydrogens is 532 g/mol. The molecule has 0 saturated heterocycles. The lowest BCUT2D eigenvalue weighted by molar-refractivity contribution is -0.142. The average Bonchev–Trinajstić information content (AvgIpc) is 3.39. The van der Waals surface area contributed by atoms with E-state index in [0.29, 0.717) is 33.8 Å². The van der Waals surface area contributed by atoms with E-state index in [1.807, 2.05) is 60.7 Å². The molecule has 0 aliphatic heterocycles. The van der Waals surface area contributed by atoms with Crippen LogP contribution in [-0.2, 0) is 20.7 Å². The Morgan fingerprint density at radius 3 is 2.54 bits per heavy atom. The zero-order valence-corrected chi connectivity index (χ0v) is 23.1. The van der Waals surface area contributed by atoms with Crippen LogP contribution in [0.25, 0.3) is 22.4 Å². The van der Waals surface area contributed by atoms with Crippen LogP contribution in [-0.4, -0.2) is 41.3 Å². The Balaban J connectivity index is 1.50. The minimum Gasteiger partial charge on any atom is -0.497 e. The van der Waals surface area contributed by atoms with E-state index in [1.54, 1.807) is 19.4 Å². The molecule has 0 unspecified atom stereocenters. The van der Waals surface area contributed by atoms with E-state index in [9.17, 15) is 14.9 Å². The summed E-state index contributed by atoms with van der Waals surface area (Å²) in [6.07, 6.45) is 0.254. The fraction of sp³-hybridized carbons (Fsp3) is 0.207. The summed E-state index contributed by atoms with van der Waals surface area (Å²) in [4.78, 5) is 33.3. The largest absolute Gasteiger partial charge is 0.497 e. The number of benzene rings is 2. The number of aromatic nitrogens is 2. The molecule has 0 spiro atoms. The third kappa shape index (κ3) is 7.44. The molecule has 2 heterocycles. The predicted molar refractivity (Wildman–Crippen MR) is 153 cm³/mol. The summed E-state index contributed by atoms with van der Waals surface area (Å²) in [7, 11) is 1.61. The van der Waals surface area contributed by atoms with Crippen LogP contribution in [0, 0.1) is 11.3 Å². The van der Waals surface area contributed by atoms with E-state index < -0.39 is 0 Å². The number of hydrogen-bond acceptors (Lipinski definition) is 9. The lowest BCUT2D eigenvalue weighted by atomic mass is 9.99. The second-order valence-electron chi connectivity index (χ2n) is 8.21. The Hall–Kier alpha value is -4.20. The highest BCUT2D eigenvalue weighted by atomic mass is 32.2. The first-order valence-electron chi connectivity index (χ1n) is 12.2. The van der Waals surface area contributed by atoms with Gasteiger partial charge in [0.1, 0.15) is 16.8 Å². The van der Waals surface area contributed by atoms with Gasteiger partial charge in [0.15, 0.2) is 5.13 Å². The van der Waals surface area contributed by atoms with Crippen molar-refractivity contribution in [2.45, 2.75) is 24.8 Å². The molecule has 4 aromatic rings. The molecule has 4 rings (SSSR count). The fourth-order valence-electron chi connectivity index (χ4n) is 3.72. The Labute approximate surface area is 235 Å². The number of rotatable bonds is 11. The second kappa shape index (κ2) is 13.6. The zero-order valence-electron chi connectivity index (χ0n) is 21.5. The maximum Gasteiger partial charge on any atom is 0.311 e. The van der Waals surface area contributed by atoms with Gasteiger partial charge in [-0.1, -0.05) is 42.5 Å². The lowest BCUT2D eigenvalue weighted by Gasteiger charge is -2.13. The molecule has 2 aromatic heterocycles. The molecule has 0 aliphatic rings. The summed E-state index contributed by atoms with van der Waals surface area (Å²) < 4.78 is 10.2. The van der Waals surface area contributed by atoms with E-state index in [0.717, 1.165) is 28.1 Å².